The van der Waals surface area contributed by atoms with E-state index >= 15 is 0 Å². The summed E-state index contributed by atoms with van der Waals surface area (Å²) in [7, 11) is 1.58. The number of hydrogen-bond acceptors (Lipinski definition) is 3. The van der Waals surface area contributed by atoms with Crippen LogP contribution in [0.2, 0.25) is 0 Å². The van der Waals surface area contributed by atoms with Crippen LogP contribution in [0.5, 0.6) is 5.75 Å². The molecule has 4 nitrogen and oxygen atoms in total. The van der Waals surface area contributed by atoms with Gasteiger partial charge in [-0.2, -0.15) is 0 Å². The monoisotopic (exact) mass is 276 g/mol. The minimum atomic E-state index is -0.118. The average molecular weight is 276 g/mol. The van der Waals surface area contributed by atoms with E-state index in [1.54, 1.807) is 25.3 Å². The van der Waals surface area contributed by atoms with Gasteiger partial charge in [0.25, 0.3) is 5.91 Å². The highest BCUT2D eigenvalue weighted by Gasteiger charge is 2.15. The highest BCUT2D eigenvalue weighted by Crippen LogP contribution is 2.28. The predicted octanol–water partition coefficient (Wildman–Crippen LogP) is 2.98. The smallest absolute Gasteiger partial charge is 0.253 e. The Hall–Kier alpha value is -1.71. The molecule has 1 aromatic carbocycles. The Labute approximate surface area is 120 Å². The fraction of sp³-hybridized carbons (Fsp3) is 0.562. The lowest BCUT2D eigenvalue weighted by Crippen LogP contribution is -2.25. The molecule has 0 unspecified atom stereocenters. The van der Waals surface area contributed by atoms with E-state index in [0.717, 1.165) is 12.3 Å². The molecule has 0 saturated heterocycles. The van der Waals surface area contributed by atoms with E-state index in [2.05, 4.69) is 5.32 Å². The number of methoxy groups -OCH3 is 1. The number of carbonyl (C=O) groups excluding carboxylic acids is 1. The van der Waals surface area contributed by atoms with E-state index in [0.29, 0.717) is 23.5 Å². The largest absolute Gasteiger partial charge is 0.497 e. The summed E-state index contributed by atoms with van der Waals surface area (Å²) in [5.74, 6) is 1.40. The zero-order valence-corrected chi connectivity index (χ0v) is 12.2. The third-order valence-corrected chi connectivity index (χ3v) is 4.05. The van der Waals surface area contributed by atoms with Gasteiger partial charge < -0.3 is 15.8 Å². The second kappa shape index (κ2) is 7.17. The second-order valence-corrected chi connectivity index (χ2v) is 5.50. The number of anilines is 1. The van der Waals surface area contributed by atoms with Crippen molar-refractivity contribution in [2.75, 3.05) is 19.4 Å². The normalized spacial score (nSPS) is 15.2. The summed E-state index contributed by atoms with van der Waals surface area (Å²) in [6.45, 7) is 0.714. The zero-order valence-electron chi connectivity index (χ0n) is 12.2. The van der Waals surface area contributed by atoms with Crippen molar-refractivity contribution in [3.63, 3.8) is 0 Å². The van der Waals surface area contributed by atoms with Crippen LogP contribution in [-0.2, 0) is 0 Å². The Bertz CT molecular complexity index is 454. The molecule has 1 aliphatic carbocycles. The topological polar surface area (TPSA) is 64.3 Å². The molecule has 0 atom stereocenters. The van der Waals surface area contributed by atoms with Crippen molar-refractivity contribution in [1.82, 2.24) is 5.32 Å². The summed E-state index contributed by atoms with van der Waals surface area (Å²) >= 11 is 0. The summed E-state index contributed by atoms with van der Waals surface area (Å²) in [5.41, 5.74) is 6.81. The van der Waals surface area contributed by atoms with Crippen molar-refractivity contribution >= 4 is 11.6 Å². The van der Waals surface area contributed by atoms with Gasteiger partial charge in [-0.3, -0.25) is 4.79 Å². The van der Waals surface area contributed by atoms with Gasteiger partial charge in [0.1, 0.15) is 5.75 Å². The molecule has 3 N–H and O–H groups in total. The van der Waals surface area contributed by atoms with Crippen molar-refractivity contribution in [2.45, 2.75) is 38.5 Å². The van der Waals surface area contributed by atoms with Crippen LogP contribution in [0.3, 0.4) is 0 Å². The van der Waals surface area contributed by atoms with Crippen LogP contribution in [0.15, 0.2) is 18.2 Å². The lowest BCUT2D eigenvalue weighted by atomic mass is 10.0. The zero-order chi connectivity index (χ0) is 14.4. The van der Waals surface area contributed by atoms with E-state index in [9.17, 15) is 4.79 Å². The van der Waals surface area contributed by atoms with Gasteiger partial charge in [-0.25, -0.2) is 0 Å². The molecule has 0 aliphatic heterocycles. The second-order valence-electron chi connectivity index (χ2n) is 5.50. The maximum Gasteiger partial charge on any atom is 0.253 e. The molecule has 0 bridgehead atoms. The molecule has 1 aliphatic rings. The molecule has 20 heavy (non-hydrogen) atoms. The first-order valence-electron chi connectivity index (χ1n) is 7.42. The van der Waals surface area contributed by atoms with Crippen LogP contribution in [0.1, 0.15) is 48.9 Å². The highest BCUT2D eigenvalue weighted by molar-refractivity contribution is 5.99. The fourth-order valence-corrected chi connectivity index (χ4v) is 2.85. The van der Waals surface area contributed by atoms with Gasteiger partial charge in [0.2, 0.25) is 0 Å². The van der Waals surface area contributed by atoms with Crippen molar-refractivity contribution in [3.8, 4) is 5.75 Å². The van der Waals surface area contributed by atoms with E-state index in [4.69, 9.17) is 10.5 Å². The van der Waals surface area contributed by atoms with E-state index < -0.39 is 0 Å². The maximum atomic E-state index is 12.1. The molecular formula is C16H24N2O2. The number of nitrogen functional groups attached to an aromatic ring is 1. The van der Waals surface area contributed by atoms with Crippen LogP contribution >= 0.6 is 0 Å². The fourth-order valence-electron chi connectivity index (χ4n) is 2.85. The van der Waals surface area contributed by atoms with Crippen LogP contribution in [0, 0.1) is 5.92 Å². The summed E-state index contributed by atoms with van der Waals surface area (Å²) in [4.78, 5) is 12.1. The number of ether oxygens (including phenoxy) is 1. The third-order valence-electron chi connectivity index (χ3n) is 4.05. The molecule has 110 valence electrons. The first-order valence-corrected chi connectivity index (χ1v) is 7.42. The van der Waals surface area contributed by atoms with Crippen molar-refractivity contribution in [2.24, 2.45) is 5.92 Å². The standard InChI is InChI=1S/C16H24N2O2/c1-20-13-8-9-15(17)14(11-13)16(19)18-10-4-7-12-5-2-3-6-12/h8-9,11-12H,2-7,10,17H2,1H3,(H,18,19). The molecule has 4 heteroatoms. The Balaban J connectivity index is 1.79. The summed E-state index contributed by atoms with van der Waals surface area (Å²) in [6.07, 6.45) is 7.72. The Morgan fingerprint density at radius 2 is 2.15 bits per heavy atom. The molecule has 0 spiro atoms. The molecule has 1 aromatic rings. The van der Waals surface area contributed by atoms with Crippen molar-refractivity contribution in [1.29, 1.82) is 0 Å². The number of nitrogens with one attached hydrogen (secondary N) is 1. The van der Waals surface area contributed by atoms with Crippen LogP contribution in [-0.4, -0.2) is 19.6 Å². The van der Waals surface area contributed by atoms with Crippen molar-refractivity contribution in [3.05, 3.63) is 23.8 Å². The summed E-state index contributed by atoms with van der Waals surface area (Å²) in [5, 5.41) is 2.94. The van der Waals surface area contributed by atoms with Gasteiger partial charge in [-0.15, -0.1) is 0 Å². The SMILES string of the molecule is COc1ccc(N)c(C(=O)NCCCC2CCCC2)c1. The third kappa shape index (κ3) is 3.89. The summed E-state index contributed by atoms with van der Waals surface area (Å²) in [6, 6.07) is 5.14. The number of benzene rings is 1. The minimum Gasteiger partial charge on any atom is -0.497 e. The van der Waals surface area contributed by atoms with Gasteiger partial charge in [0, 0.05) is 12.2 Å². The number of amides is 1. The lowest BCUT2D eigenvalue weighted by molar-refractivity contribution is 0.0953. The van der Waals surface area contributed by atoms with E-state index in [1.165, 1.54) is 32.1 Å². The summed E-state index contributed by atoms with van der Waals surface area (Å²) < 4.78 is 5.12. The minimum absolute atomic E-state index is 0.118. The Morgan fingerprint density at radius 1 is 1.40 bits per heavy atom. The Morgan fingerprint density at radius 3 is 2.85 bits per heavy atom. The number of carbonyl (C=O) groups is 1. The van der Waals surface area contributed by atoms with Gasteiger partial charge in [0.15, 0.2) is 0 Å². The molecule has 0 heterocycles. The number of rotatable bonds is 6. The lowest BCUT2D eigenvalue weighted by Gasteiger charge is -2.11. The van der Waals surface area contributed by atoms with Crippen molar-refractivity contribution < 1.29 is 9.53 Å². The van der Waals surface area contributed by atoms with E-state index in [1.807, 2.05) is 0 Å². The van der Waals surface area contributed by atoms with Gasteiger partial charge in [0.05, 0.1) is 12.7 Å². The maximum absolute atomic E-state index is 12.1. The molecule has 0 aromatic heterocycles. The molecule has 1 saturated carbocycles. The number of hydrogen-bond donors (Lipinski definition) is 2. The van der Waals surface area contributed by atoms with E-state index in [-0.39, 0.29) is 5.91 Å². The first-order chi connectivity index (χ1) is 9.70. The number of nitrogens with two attached hydrogens (primary N) is 1. The van der Waals surface area contributed by atoms with Gasteiger partial charge in [-0.1, -0.05) is 25.7 Å². The Kier molecular flexibility index (Phi) is 5.27. The first kappa shape index (κ1) is 14.7. The van der Waals surface area contributed by atoms with Gasteiger partial charge in [-0.05, 0) is 37.0 Å². The molecule has 1 amide bonds. The predicted molar refractivity (Wildman–Crippen MR) is 80.9 cm³/mol. The van der Waals surface area contributed by atoms with Crippen LogP contribution in [0.4, 0.5) is 5.69 Å². The quantitative estimate of drug-likeness (QED) is 0.620. The van der Waals surface area contributed by atoms with Crippen LogP contribution in [0.25, 0.3) is 0 Å². The molecule has 1 fully saturated rings. The molecule has 2 rings (SSSR count). The molecular weight excluding hydrogens is 252 g/mol. The highest BCUT2D eigenvalue weighted by atomic mass is 16.5. The van der Waals surface area contributed by atoms with Crippen LogP contribution < -0.4 is 15.8 Å². The average Bonchev–Trinajstić information content (AvgIpc) is 2.97. The molecule has 0 radical (unpaired) electrons. The van der Waals surface area contributed by atoms with Gasteiger partial charge >= 0.3 is 0 Å².